The van der Waals surface area contributed by atoms with Gasteiger partial charge in [-0.05, 0) is 66.9 Å². The van der Waals surface area contributed by atoms with Crippen molar-refractivity contribution >= 4 is 21.6 Å². The number of sulfonamides is 1. The third-order valence-electron chi connectivity index (χ3n) is 5.37. The van der Waals surface area contributed by atoms with E-state index in [1.165, 1.54) is 44.6 Å². The number of nitrogens with one attached hydrogen (secondary N) is 2. The SMILES string of the molecule is COc1ccc(CCNS(=O)(=O)c2ccc(C)c(C(=O)Nc3cccc(C(F)(F)F)c3)c2)cc1OC. The summed E-state index contributed by atoms with van der Waals surface area (Å²) in [6, 6.07) is 13.5. The van der Waals surface area contributed by atoms with E-state index in [2.05, 4.69) is 10.0 Å². The van der Waals surface area contributed by atoms with Crippen LogP contribution < -0.4 is 19.5 Å². The summed E-state index contributed by atoms with van der Waals surface area (Å²) in [7, 11) is -0.948. The van der Waals surface area contributed by atoms with E-state index in [1.54, 1.807) is 25.1 Å². The molecule has 1 amide bonds. The number of hydrogen-bond donors (Lipinski definition) is 2. The molecule has 0 atom stereocenters. The zero-order chi connectivity index (χ0) is 26.5. The van der Waals surface area contributed by atoms with E-state index in [1.807, 2.05) is 0 Å². The van der Waals surface area contributed by atoms with Crippen LogP contribution in [0.5, 0.6) is 11.5 Å². The Hall–Kier alpha value is -3.57. The van der Waals surface area contributed by atoms with Crippen molar-refractivity contribution in [3.05, 3.63) is 82.9 Å². The minimum Gasteiger partial charge on any atom is -0.493 e. The fraction of sp³-hybridized carbons (Fsp3) is 0.240. The summed E-state index contributed by atoms with van der Waals surface area (Å²) >= 11 is 0. The third kappa shape index (κ3) is 6.55. The van der Waals surface area contributed by atoms with Gasteiger partial charge in [-0.1, -0.05) is 18.2 Å². The molecule has 3 aromatic rings. The minimum atomic E-state index is -4.56. The molecule has 7 nitrogen and oxygen atoms in total. The molecule has 0 radical (unpaired) electrons. The maximum absolute atomic E-state index is 13.0. The quantitative estimate of drug-likeness (QED) is 0.421. The first-order valence-corrected chi connectivity index (χ1v) is 12.2. The molecule has 2 N–H and O–H groups in total. The van der Waals surface area contributed by atoms with Crippen molar-refractivity contribution in [1.82, 2.24) is 4.72 Å². The van der Waals surface area contributed by atoms with Crippen molar-refractivity contribution in [3.63, 3.8) is 0 Å². The second-order valence-electron chi connectivity index (χ2n) is 7.85. The smallest absolute Gasteiger partial charge is 0.416 e. The molecule has 0 spiro atoms. The zero-order valence-corrected chi connectivity index (χ0v) is 20.6. The third-order valence-corrected chi connectivity index (χ3v) is 6.82. The monoisotopic (exact) mass is 522 g/mol. The first kappa shape index (κ1) is 27.0. The second-order valence-corrected chi connectivity index (χ2v) is 9.61. The molecule has 3 rings (SSSR count). The number of hydrogen-bond acceptors (Lipinski definition) is 5. The molecule has 0 fully saturated rings. The molecule has 3 aromatic carbocycles. The van der Waals surface area contributed by atoms with Crippen LogP contribution in [0, 0.1) is 6.92 Å². The van der Waals surface area contributed by atoms with Gasteiger partial charge in [-0.3, -0.25) is 4.79 Å². The van der Waals surface area contributed by atoms with Crippen molar-refractivity contribution in [1.29, 1.82) is 0 Å². The predicted octanol–water partition coefficient (Wildman–Crippen LogP) is 4.80. The molecule has 0 unspecified atom stereocenters. The van der Waals surface area contributed by atoms with Gasteiger partial charge in [-0.25, -0.2) is 13.1 Å². The summed E-state index contributed by atoms with van der Waals surface area (Å²) in [6.45, 7) is 1.68. The summed E-state index contributed by atoms with van der Waals surface area (Å²) in [5, 5.41) is 2.40. The molecule has 11 heteroatoms. The van der Waals surface area contributed by atoms with Crippen LogP contribution in [-0.4, -0.2) is 35.1 Å². The van der Waals surface area contributed by atoms with Crippen LogP contribution >= 0.6 is 0 Å². The molecule has 0 aliphatic rings. The molecule has 0 aliphatic heterocycles. The minimum absolute atomic E-state index is 0.0233. The average molecular weight is 523 g/mol. The van der Waals surface area contributed by atoms with E-state index in [-0.39, 0.29) is 22.7 Å². The Morgan fingerprint density at radius 1 is 0.944 bits per heavy atom. The molecule has 36 heavy (non-hydrogen) atoms. The number of ether oxygens (including phenoxy) is 2. The molecule has 0 bridgehead atoms. The van der Waals surface area contributed by atoms with E-state index in [4.69, 9.17) is 9.47 Å². The number of carbonyl (C=O) groups is 1. The lowest BCUT2D eigenvalue weighted by Gasteiger charge is -2.13. The summed E-state index contributed by atoms with van der Waals surface area (Å²) in [6.07, 6.45) is -4.19. The topological polar surface area (TPSA) is 93.7 Å². The van der Waals surface area contributed by atoms with Gasteiger partial charge in [0.2, 0.25) is 10.0 Å². The lowest BCUT2D eigenvalue weighted by molar-refractivity contribution is -0.137. The number of halogens is 3. The van der Waals surface area contributed by atoms with Gasteiger partial charge in [0.1, 0.15) is 0 Å². The number of amides is 1. The van der Waals surface area contributed by atoms with Gasteiger partial charge in [0, 0.05) is 17.8 Å². The highest BCUT2D eigenvalue weighted by molar-refractivity contribution is 7.89. The maximum atomic E-state index is 13.0. The predicted molar refractivity (Wildman–Crippen MR) is 129 cm³/mol. The molecular formula is C25H25F3N2O5S. The van der Waals surface area contributed by atoms with Gasteiger partial charge < -0.3 is 14.8 Å². The molecule has 0 aromatic heterocycles. The number of rotatable bonds is 9. The van der Waals surface area contributed by atoms with Crippen molar-refractivity contribution in [2.45, 2.75) is 24.4 Å². The highest BCUT2D eigenvalue weighted by Crippen LogP contribution is 2.31. The van der Waals surface area contributed by atoms with Gasteiger partial charge in [0.15, 0.2) is 11.5 Å². The van der Waals surface area contributed by atoms with E-state index < -0.39 is 27.7 Å². The van der Waals surface area contributed by atoms with Crippen molar-refractivity contribution in [2.24, 2.45) is 0 Å². The van der Waals surface area contributed by atoms with Gasteiger partial charge >= 0.3 is 6.18 Å². The Balaban J connectivity index is 1.73. The standard InChI is InChI=1S/C25H25F3N2O5S/c1-16-7-9-20(15-21(16)24(31)30-19-6-4-5-18(14-19)25(26,27)28)36(32,33)29-12-11-17-8-10-22(34-2)23(13-17)35-3/h4-10,13-15,29H,11-12H2,1-3H3,(H,30,31). The molecular weight excluding hydrogens is 497 g/mol. The van der Waals surface area contributed by atoms with Crippen molar-refractivity contribution in [3.8, 4) is 11.5 Å². The molecule has 0 aliphatic carbocycles. The van der Waals surface area contributed by atoms with Gasteiger partial charge in [-0.15, -0.1) is 0 Å². The Labute approximate surface area is 207 Å². The number of benzene rings is 3. The number of anilines is 1. The molecule has 0 saturated heterocycles. The average Bonchev–Trinajstić information content (AvgIpc) is 2.83. The Morgan fingerprint density at radius 2 is 1.67 bits per heavy atom. The Morgan fingerprint density at radius 3 is 2.33 bits per heavy atom. The highest BCUT2D eigenvalue weighted by Gasteiger charge is 2.30. The molecule has 0 heterocycles. The van der Waals surface area contributed by atoms with Crippen LogP contribution in [0.4, 0.5) is 18.9 Å². The van der Waals surface area contributed by atoms with E-state index in [0.717, 1.165) is 17.7 Å². The normalized spacial score (nSPS) is 11.7. The second kappa shape index (κ2) is 11.0. The van der Waals surface area contributed by atoms with Crippen molar-refractivity contribution < 1.29 is 35.9 Å². The van der Waals surface area contributed by atoms with Crippen LogP contribution in [0.15, 0.2) is 65.6 Å². The summed E-state index contributed by atoms with van der Waals surface area (Å²) in [4.78, 5) is 12.6. The van der Waals surface area contributed by atoms with Crippen LogP contribution in [0.1, 0.15) is 27.0 Å². The number of aryl methyl sites for hydroxylation is 1. The van der Waals surface area contributed by atoms with Crippen LogP contribution in [-0.2, 0) is 22.6 Å². The van der Waals surface area contributed by atoms with E-state index in [0.29, 0.717) is 23.5 Å². The van der Waals surface area contributed by atoms with Gasteiger partial charge in [0.25, 0.3) is 5.91 Å². The number of carbonyl (C=O) groups excluding carboxylic acids is 1. The fourth-order valence-corrected chi connectivity index (χ4v) is 4.49. The lowest BCUT2D eigenvalue weighted by atomic mass is 10.1. The first-order valence-electron chi connectivity index (χ1n) is 10.7. The van der Waals surface area contributed by atoms with Crippen molar-refractivity contribution in [2.75, 3.05) is 26.1 Å². The number of alkyl halides is 3. The van der Waals surface area contributed by atoms with Gasteiger partial charge in [0.05, 0.1) is 24.7 Å². The van der Waals surface area contributed by atoms with Crippen LogP contribution in [0.2, 0.25) is 0 Å². The molecule has 0 saturated carbocycles. The van der Waals surface area contributed by atoms with E-state index in [9.17, 15) is 26.4 Å². The number of methoxy groups -OCH3 is 2. The lowest BCUT2D eigenvalue weighted by Crippen LogP contribution is -2.26. The first-order chi connectivity index (χ1) is 16.9. The van der Waals surface area contributed by atoms with Crippen LogP contribution in [0.3, 0.4) is 0 Å². The fourth-order valence-electron chi connectivity index (χ4n) is 3.43. The highest BCUT2D eigenvalue weighted by atomic mass is 32.2. The summed E-state index contributed by atoms with van der Waals surface area (Å²) < 4.78 is 77.5. The van der Waals surface area contributed by atoms with Crippen LogP contribution in [0.25, 0.3) is 0 Å². The Kier molecular flexibility index (Phi) is 8.26. The largest absolute Gasteiger partial charge is 0.493 e. The maximum Gasteiger partial charge on any atom is 0.416 e. The van der Waals surface area contributed by atoms with Gasteiger partial charge in [-0.2, -0.15) is 13.2 Å². The zero-order valence-electron chi connectivity index (χ0n) is 19.8. The Bertz CT molecular complexity index is 1360. The van der Waals surface area contributed by atoms with E-state index >= 15 is 0 Å². The molecule has 192 valence electrons. The summed E-state index contributed by atoms with van der Waals surface area (Å²) in [5.41, 5.74) is 0.335. The summed E-state index contributed by atoms with van der Waals surface area (Å²) in [5.74, 6) is 0.347.